The van der Waals surface area contributed by atoms with E-state index in [-0.39, 0.29) is 18.0 Å². The molecule has 152 valence electrons. The van der Waals surface area contributed by atoms with Gasteiger partial charge in [-0.3, -0.25) is 4.79 Å². The number of carbonyl (C=O) groups excluding carboxylic acids is 1. The number of nitrogens with one attached hydrogen (secondary N) is 1. The number of halogens is 1. The summed E-state index contributed by atoms with van der Waals surface area (Å²) in [5, 5.41) is 11.7. The molecule has 0 fully saturated rings. The molecule has 30 heavy (non-hydrogen) atoms. The van der Waals surface area contributed by atoms with Crippen molar-refractivity contribution in [1.29, 1.82) is 5.26 Å². The molecule has 0 aliphatic rings. The van der Waals surface area contributed by atoms with Crippen molar-refractivity contribution in [2.75, 3.05) is 11.9 Å². The predicted octanol–water partition coefficient (Wildman–Crippen LogP) is 4.15. The molecular weight excluding hydrogens is 466 g/mol. The zero-order valence-electron chi connectivity index (χ0n) is 15.8. The molecule has 3 aromatic rings. The van der Waals surface area contributed by atoms with Crippen molar-refractivity contribution in [1.82, 2.24) is 4.31 Å². The monoisotopic (exact) mass is 483 g/mol. The Morgan fingerprint density at radius 1 is 1.00 bits per heavy atom. The minimum Gasteiger partial charge on any atom is -0.325 e. The number of nitrogens with zero attached hydrogens (tertiary/aromatic N) is 2. The first-order valence-corrected chi connectivity index (χ1v) is 11.2. The van der Waals surface area contributed by atoms with Crippen molar-refractivity contribution < 1.29 is 13.2 Å². The maximum atomic E-state index is 13.2. The third kappa shape index (κ3) is 5.54. The second-order valence-corrected chi connectivity index (χ2v) is 9.31. The van der Waals surface area contributed by atoms with Crippen LogP contribution >= 0.6 is 15.9 Å². The lowest BCUT2D eigenvalue weighted by molar-refractivity contribution is -0.116. The van der Waals surface area contributed by atoms with Gasteiger partial charge in [0.25, 0.3) is 0 Å². The molecule has 0 unspecified atom stereocenters. The summed E-state index contributed by atoms with van der Waals surface area (Å²) < 4.78 is 28.4. The number of benzene rings is 3. The van der Waals surface area contributed by atoms with Crippen LogP contribution in [0.1, 0.15) is 11.1 Å². The molecule has 0 radical (unpaired) electrons. The van der Waals surface area contributed by atoms with Crippen molar-refractivity contribution in [3.63, 3.8) is 0 Å². The van der Waals surface area contributed by atoms with E-state index in [0.29, 0.717) is 11.3 Å². The summed E-state index contributed by atoms with van der Waals surface area (Å²) in [6, 6.07) is 23.7. The second kappa shape index (κ2) is 9.67. The SMILES string of the molecule is N#Cc1cccc(NC(=O)CN(Cc2ccc(Br)cc2)S(=O)(=O)c2ccccc2)c1. The highest BCUT2D eigenvalue weighted by Gasteiger charge is 2.27. The van der Waals surface area contributed by atoms with Crippen molar-refractivity contribution in [2.24, 2.45) is 0 Å². The third-order valence-corrected chi connectivity index (χ3v) is 6.58. The quantitative estimate of drug-likeness (QED) is 0.546. The van der Waals surface area contributed by atoms with Gasteiger partial charge in [0.15, 0.2) is 0 Å². The summed E-state index contributed by atoms with van der Waals surface area (Å²) in [7, 11) is -3.90. The zero-order valence-corrected chi connectivity index (χ0v) is 18.2. The Kier molecular flexibility index (Phi) is 7.00. The van der Waals surface area contributed by atoms with Gasteiger partial charge in [-0.15, -0.1) is 0 Å². The molecule has 0 spiro atoms. The van der Waals surface area contributed by atoms with Crippen LogP contribution < -0.4 is 5.32 Å². The molecule has 0 aliphatic carbocycles. The fourth-order valence-corrected chi connectivity index (χ4v) is 4.46. The molecule has 0 aliphatic heterocycles. The van der Waals surface area contributed by atoms with Gasteiger partial charge in [-0.25, -0.2) is 8.42 Å². The smallest absolute Gasteiger partial charge is 0.243 e. The predicted molar refractivity (Wildman–Crippen MR) is 118 cm³/mol. The topological polar surface area (TPSA) is 90.3 Å². The van der Waals surface area contributed by atoms with Crippen LogP contribution in [0.5, 0.6) is 0 Å². The van der Waals surface area contributed by atoms with Crippen LogP contribution in [-0.2, 0) is 21.4 Å². The van der Waals surface area contributed by atoms with Gasteiger partial charge in [-0.05, 0) is 48.0 Å². The largest absolute Gasteiger partial charge is 0.325 e. The summed E-state index contributed by atoms with van der Waals surface area (Å²) in [6.45, 7) is -0.333. The molecule has 0 atom stereocenters. The Morgan fingerprint density at radius 2 is 1.70 bits per heavy atom. The maximum Gasteiger partial charge on any atom is 0.243 e. The van der Waals surface area contributed by atoms with E-state index < -0.39 is 15.9 Å². The third-order valence-electron chi connectivity index (χ3n) is 4.25. The van der Waals surface area contributed by atoms with E-state index in [1.807, 2.05) is 18.2 Å². The maximum absolute atomic E-state index is 13.2. The lowest BCUT2D eigenvalue weighted by atomic mass is 10.2. The number of carbonyl (C=O) groups is 1. The Hall–Kier alpha value is -2.99. The fraction of sp³-hybridized carbons (Fsp3) is 0.0909. The fourth-order valence-electron chi connectivity index (χ4n) is 2.79. The van der Waals surface area contributed by atoms with E-state index in [9.17, 15) is 13.2 Å². The molecule has 0 saturated heterocycles. The molecule has 1 N–H and O–H groups in total. The van der Waals surface area contributed by atoms with Crippen molar-refractivity contribution >= 4 is 37.5 Å². The van der Waals surface area contributed by atoms with Crippen molar-refractivity contribution in [3.05, 3.63) is 94.5 Å². The number of hydrogen-bond acceptors (Lipinski definition) is 4. The molecular formula is C22H18BrN3O3S. The highest BCUT2D eigenvalue weighted by atomic mass is 79.9. The van der Waals surface area contributed by atoms with Gasteiger partial charge in [0, 0.05) is 16.7 Å². The molecule has 3 aromatic carbocycles. The minimum absolute atomic E-state index is 0.0379. The van der Waals surface area contributed by atoms with E-state index in [2.05, 4.69) is 21.2 Å². The molecule has 0 heterocycles. The lowest BCUT2D eigenvalue weighted by Gasteiger charge is -2.22. The van der Waals surface area contributed by atoms with E-state index >= 15 is 0 Å². The first kappa shape index (κ1) is 21.7. The Balaban J connectivity index is 1.85. The molecule has 8 heteroatoms. The average molecular weight is 484 g/mol. The van der Waals surface area contributed by atoms with Gasteiger partial charge in [0.2, 0.25) is 15.9 Å². The highest BCUT2D eigenvalue weighted by molar-refractivity contribution is 9.10. The molecule has 0 bridgehead atoms. The van der Waals surface area contributed by atoms with Crippen LogP contribution in [0.4, 0.5) is 5.69 Å². The van der Waals surface area contributed by atoms with Crippen molar-refractivity contribution in [2.45, 2.75) is 11.4 Å². The Morgan fingerprint density at radius 3 is 2.37 bits per heavy atom. The van der Waals surface area contributed by atoms with Crippen molar-refractivity contribution in [3.8, 4) is 6.07 Å². The highest BCUT2D eigenvalue weighted by Crippen LogP contribution is 2.20. The van der Waals surface area contributed by atoms with Crippen LogP contribution in [0.3, 0.4) is 0 Å². The van der Waals surface area contributed by atoms with Gasteiger partial charge in [-0.2, -0.15) is 9.57 Å². The van der Waals surface area contributed by atoms with E-state index in [1.165, 1.54) is 18.2 Å². The summed E-state index contributed by atoms with van der Waals surface area (Å²) in [4.78, 5) is 12.7. The molecule has 6 nitrogen and oxygen atoms in total. The number of amides is 1. The molecule has 0 saturated carbocycles. The van der Waals surface area contributed by atoms with Crippen LogP contribution in [0.25, 0.3) is 0 Å². The Bertz CT molecular complexity index is 1170. The first-order valence-electron chi connectivity index (χ1n) is 8.98. The summed E-state index contributed by atoms with van der Waals surface area (Å²) in [5.41, 5.74) is 1.58. The summed E-state index contributed by atoms with van der Waals surface area (Å²) >= 11 is 3.36. The van der Waals surface area contributed by atoms with Gasteiger partial charge in [0.1, 0.15) is 0 Å². The number of sulfonamides is 1. The molecule has 3 rings (SSSR count). The van der Waals surface area contributed by atoms with Crippen LogP contribution in [0.2, 0.25) is 0 Å². The normalized spacial score (nSPS) is 11.1. The lowest BCUT2D eigenvalue weighted by Crippen LogP contribution is -2.37. The zero-order chi connectivity index (χ0) is 21.6. The van der Waals surface area contributed by atoms with E-state index in [1.54, 1.807) is 48.5 Å². The van der Waals surface area contributed by atoms with E-state index in [0.717, 1.165) is 14.3 Å². The number of nitriles is 1. The number of anilines is 1. The minimum atomic E-state index is -3.90. The average Bonchev–Trinajstić information content (AvgIpc) is 2.75. The first-order chi connectivity index (χ1) is 14.4. The summed E-state index contributed by atoms with van der Waals surface area (Å²) in [6.07, 6.45) is 0. The second-order valence-electron chi connectivity index (χ2n) is 6.45. The van der Waals surface area contributed by atoms with Gasteiger partial charge in [-0.1, -0.05) is 52.3 Å². The molecule has 1 amide bonds. The number of rotatable bonds is 7. The van der Waals surface area contributed by atoms with Gasteiger partial charge >= 0.3 is 0 Å². The molecule has 0 aromatic heterocycles. The Labute approximate surface area is 183 Å². The summed E-state index contributed by atoms with van der Waals surface area (Å²) in [5.74, 6) is -0.498. The number of hydrogen-bond donors (Lipinski definition) is 1. The van der Waals surface area contributed by atoms with Crippen LogP contribution in [0.15, 0.2) is 88.2 Å². The van der Waals surface area contributed by atoms with Gasteiger partial charge in [0.05, 0.1) is 23.1 Å². The standard InChI is InChI=1S/C22H18BrN3O3S/c23-19-11-9-17(10-12-19)15-26(30(28,29)21-7-2-1-3-8-21)16-22(27)25-20-6-4-5-18(13-20)14-24/h1-13H,15-16H2,(H,25,27). The van der Waals surface area contributed by atoms with E-state index in [4.69, 9.17) is 5.26 Å². The van der Waals surface area contributed by atoms with Crippen LogP contribution in [-0.4, -0.2) is 25.2 Å². The van der Waals surface area contributed by atoms with Crippen LogP contribution in [0, 0.1) is 11.3 Å². The van der Waals surface area contributed by atoms with Gasteiger partial charge < -0.3 is 5.32 Å².